The Labute approximate surface area is 118 Å². The van der Waals surface area contributed by atoms with Crippen LogP contribution in [-0.2, 0) is 9.59 Å². The summed E-state index contributed by atoms with van der Waals surface area (Å²) in [5, 5.41) is 2.69. The first-order valence-electron chi connectivity index (χ1n) is 7.87. The van der Waals surface area contributed by atoms with E-state index in [0.717, 1.165) is 12.8 Å². The maximum atomic E-state index is 11.5. The van der Waals surface area contributed by atoms with Crippen LogP contribution in [0.1, 0.15) is 78.6 Å². The Morgan fingerprint density at radius 2 is 1.42 bits per heavy atom. The van der Waals surface area contributed by atoms with Crippen LogP contribution in [0.5, 0.6) is 0 Å². The molecule has 0 aromatic carbocycles. The number of rotatable bonds is 12. The van der Waals surface area contributed by atoms with E-state index >= 15 is 0 Å². The Bertz CT molecular complexity index is 249. The number of ketones is 1. The first-order chi connectivity index (χ1) is 9.07. The van der Waals surface area contributed by atoms with Crippen molar-refractivity contribution in [2.45, 2.75) is 78.6 Å². The lowest BCUT2D eigenvalue weighted by Crippen LogP contribution is -2.31. The maximum Gasteiger partial charge on any atom is 0.220 e. The van der Waals surface area contributed by atoms with Crippen molar-refractivity contribution in [2.24, 2.45) is 5.92 Å². The molecule has 112 valence electrons. The summed E-state index contributed by atoms with van der Waals surface area (Å²) in [4.78, 5) is 22.8. The van der Waals surface area contributed by atoms with E-state index in [4.69, 9.17) is 0 Å². The fraction of sp³-hybridized carbons (Fsp3) is 0.875. The van der Waals surface area contributed by atoms with Crippen LogP contribution in [0.2, 0.25) is 0 Å². The van der Waals surface area contributed by atoms with Crippen molar-refractivity contribution in [3.05, 3.63) is 0 Å². The molecular formula is C16H31NO2. The number of hydrogen-bond donors (Lipinski definition) is 1. The number of hydrogen-bond acceptors (Lipinski definition) is 2. The summed E-state index contributed by atoms with van der Waals surface area (Å²) in [7, 11) is 0. The molecule has 0 unspecified atom stereocenters. The van der Waals surface area contributed by atoms with Crippen LogP contribution in [-0.4, -0.2) is 18.2 Å². The van der Waals surface area contributed by atoms with Crippen molar-refractivity contribution < 1.29 is 9.59 Å². The van der Waals surface area contributed by atoms with E-state index in [9.17, 15) is 9.59 Å². The number of carbonyl (C=O) groups excluding carboxylic acids is 2. The standard InChI is InChI=1S/C16H31NO2/c1-4-5-6-7-8-9-10-11-12-16(19)17-13-15(18)14(2)3/h14H,4-13H2,1-3H3,(H,17,19). The Kier molecular flexibility index (Phi) is 11.6. The van der Waals surface area contributed by atoms with E-state index < -0.39 is 0 Å². The monoisotopic (exact) mass is 269 g/mol. The average Bonchev–Trinajstić information content (AvgIpc) is 2.38. The summed E-state index contributed by atoms with van der Waals surface area (Å²) in [5.41, 5.74) is 0. The van der Waals surface area contributed by atoms with Crippen LogP contribution in [0.4, 0.5) is 0 Å². The van der Waals surface area contributed by atoms with E-state index in [0.29, 0.717) is 6.42 Å². The third-order valence-corrected chi connectivity index (χ3v) is 3.36. The van der Waals surface area contributed by atoms with Gasteiger partial charge in [0.2, 0.25) is 5.91 Å². The normalized spacial score (nSPS) is 10.7. The van der Waals surface area contributed by atoms with Gasteiger partial charge in [0.25, 0.3) is 0 Å². The van der Waals surface area contributed by atoms with Crippen molar-refractivity contribution in [1.82, 2.24) is 5.32 Å². The quantitative estimate of drug-likeness (QED) is 0.547. The van der Waals surface area contributed by atoms with Gasteiger partial charge < -0.3 is 5.32 Å². The molecule has 0 radical (unpaired) electrons. The molecule has 0 saturated carbocycles. The van der Waals surface area contributed by atoms with Crippen LogP contribution < -0.4 is 5.32 Å². The van der Waals surface area contributed by atoms with E-state index in [1.165, 1.54) is 38.5 Å². The summed E-state index contributed by atoms with van der Waals surface area (Å²) >= 11 is 0. The van der Waals surface area contributed by atoms with Crippen molar-refractivity contribution in [1.29, 1.82) is 0 Å². The molecule has 0 aliphatic carbocycles. The Hall–Kier alpha value is -0.860. The zero-order chi connectivity index (χ0) is 14.5. The molecule has 0 aromatic rings. The van der Waals surface area contributed by atoms with Crippen molar-refractivity contribution >= 4 is 11.7 Å². The van der Waals surface area contributed by atoms with Gasteiger partial charge in [-0.1, -0.05) is 65.7 Å². The van der Waals surface area contributed by atoms with Gasteiger partial charge in [-0.15, -0.1) is 0 Å². The molecule has 0 aliphatic heterocycles. The summed E-state index contributed by atoms with van der Waals surface area (Å²) in [6.45, 7) is 6.12. The van der Waals surface area contributed by atoms with Crippen molar-refractivity contribution in [3.63, 3.8) is 0 Å². The van der Waals surface area contributed by atoms with E-state index in [2.05, 4.69) is 12.2 Å². The fourth-order valence-electron chi connectivity index (χ4n) is 1.90. The van der Waals surface area contributed by atoms with Gasteiger partial charge >= 0.3 is 0 Å². The fourth-order valence-corrected chi connectivity index (χ4v) is 1.90. The first-order valence-corrected chi connectivity index (χ1v) is 7.87. The molecule has 1 N–H and O–H groups in total. The third kappa shape index (κ3) is 11.9. The van der Waals surface area contributed by atoms with Crippen LogP contribution in [0.3, 0.4) is 0 Å². The second-order valence-electron chi connectivity index (χ2n) is 5.62. The van der Waals surface area contributed by atoms with Gasteiger partial charge in [0.05, 0.1) is 6.54 Å². The minimum atomic E-state index is 0.00317. The largest absolute Gasteiger partial charge is 0.349 e. The van der Waals surface area contributed by atoms with Gasteiger partial charge in [-0.25, -0.2) is 0 Å². The minimum Gasteiger partial charge on any atom is -0.349 e. The Balaban J connectivity index is 3.32. The summed E-state index contributed by atoms with van der Waals surface area (Å²) < 4.78 is 0. The second-order valence-corrected chi connectivity index (χ2v) is 5.62. The topological polar surface area (TPSA) is 46.2 Å². The lowest BCUT2D eigenvalue weighted by atomic mass is 10.1. The Morgan fingerprint density at radius 1 is 0.895 bits per heavy atom. The molecule has 0 saturated heterocycles. The molecule has 0 bridgehead atoms. The molecular weight excluding hydrogens is 238 g/mol. The highest BCUT2D eigenvalue weighted by Crippen LogP contribution is 2.09. The number of carbonyl (C=O) groups is 2. The lowest BCUT2D eigenvalue weighted by molar-refractivity contribution is -0.126. The lowest BCUT2D eigenvalue weighted by Gasteiger charge is -2.06. The number of Topliss-reactive ketones (excluding diaryl/α,β-unsaturated/α-hetero) is 1. The zero-order valence-electron chi connectivity index (χ0n) is 13.0. The molecule has 3 nitrogen and oxygen atoms in total. The van der Waals surface area contributed by atoms with Crippen LogP contribution in [0, 0.1) is 5.92 Å². The average molecular weight is 269 g/mol. The molecule has 3 heteroatoms. The second kappa shape index (κ2) is 12.2. The minimum absolute atomic E-state index is 0.00317. The van der Waals surface area contributed by atoms with E-state index in [-0.39, 0.29) is 24.2 Å². The molecule has 0 heterocycles. The van der Waals surface area contributed by atoms with Gasteiger partial charge in [-0.2, -0.15) is 0 Å². The highest BCUT2D eigenvalue weighted by molar-refractivity contribution is 5.87. The van der Waals surface area contributed by atoms with Crippen LogP contribution in [0.25, 0.3) is 0 Å². The number of unbranched alkanes of at least 4 members (excludes halogenated alkanes) is 7. The van der Waals surface area contributed by atoms with Crippen LogP contribution >= 0.6 is 0 Å². The van der Waals surface area contributed by atoms with Gasteiger partial charge in [-0.05, 0) is 6.42 Å². The molecule has 0 aromatic heterocycles. The third-order valence-electron chi connectivity index (χ3n) is 3.36. The van der Waals surface area contributed by atoms with Crippen molar-refractivity contribution in [3.8, 4) is 0 Å². The Morgan fingerprint density at radius 3 is 1.95 bits per heavy atom. The molecule has 0 rings (SSSR count). The smallest absolute Gasteiger partial charge is 0.220 e. The first kappa shape index (κ1) is 18.1. The SMILES string of the molecule is CCCCCCCCCCC(=O)NCC(=O)C(C)C. The predicted molar refractivity (Wildman–Crippen MR) is 80.1 cm³/mol. The summed E-state index contributed by atoms with van der Waals surface area (Å²) in [6.07, 6.45) is 10.4. The molecule has 0 fully saturated rings. The highest BCUT2D eigenvalue weighted by Gasteiger charge is 2.08. The van der Waals surface area contributed by atoms with E-state index in [1.54, 1.807) is 0 Å². The molecule has 0 atom stereocenters. The predicted octanol–water partition coefficient (Wildman–Crippen LogP) is 3.86. The van der Waals surface area contributed by atoms with Crippen molar-refractivity contribution in [2.75, 3.05) is 6.54 Å². The van der Waals surface area contributed by atoms with Gasteiger partial charge in [0, 0.05) is 12.3 Å². The zero-order valence-corrected chi connectivity index (χ0v) is 13.0. The highest BCUT2D eigenvalue weighted by atomic mass is 16.2. The molecule has 1 amide bonds. The molecule has 0 spiro atoms. The van der Waals surface area contributed by atoms with Gasteiger partial charge in [-0.3, -0.25) is 9.59 Å². The van der Waals surface area contributed by atoms with Gasteiger partial charge in [0.15, 0.2) is 5.78 Å². The summed E-state index contributed by atoms with van der Waals surface area (Å²) in [6, 6.07) is 0. The van der Waals surface area contributed by atoms with E-state index in [1.807, 2.05) is 13.8 Å². The number of amides is 1. The maximum absolute atomic E-state index is 11.5. The van der Waals surface area contributed by atoms with Crippen LogP contribution in [0.15, 0.2) is 0 Å². The van der Waals surface area contributed by atoms with Gasteiger partial charge in [0.1, 0.15) is 0 Å². The molecule has 0 aliphatic rings. The summed E-state index contributed by atoms with van der Waals surface area (Å²) in [5.74, 6) is 0.118. The molecule has 19 heavy (non-hydrogen) atoms. The number of nitrogens with one attached hydrogen (secondary N) is 1.